The quantitative estimate of drug-likeness (QED) is 0.785. The van der Waals surface area contributed by atoms with Crippen LogP contribution in [0, 0.1) is 17.8 Å². The Labute approximate surface area is 142 Å². The highest BCUT2D eigenvalue weighted by Gasteiger charge is 2.68. The number of ether oxygens (including phenoxy) is 2. The van der Waals surface area contributed by atoms with E-state index in [1.165, 1.54) is 0 Å². The van der Waals surface area contributed by atoms with Gasteiger partial charge in [-0.2, -0.15) is 0 Å². The summed E-state index contributed by atoms with van der Waals surface area (Å²) >= 11 is 0. The summed E-state index contributed by atoms with van der Waals surface area (Å²) in [5.41, 5.74) is 0.306. The molecule has 4 fully saturated rings. The van der Waals surface area contributed by atoms with Crippen molar-refractivity contribution in [1.29, 1.82) is 0 Å². The molecule has 4 heterocycles. The molecule has 0 aromatic rings. The Morgan fingerprint density at radius 1 is 1.29 bits per heavy atom. The fourth-order valence-electron chi connectivity index (χ4n) is 5.09. The first-order chi connectivity index (χ1) is 11.4. The van der Waals surface area contributed by atoms with Crippen LogP contribution in [0.15, 0.2) is 11.3 Å². The molecule has 0 aromatic heterocycles. The molecule has 0 unspecified atom stereocenters. The fourth-order valence-corrected chi connectivity index (χ4v) is 5.09. The summed E-state index contributed by atoms with van der Waals surface area (Å²) < 4.78 is 12.3. The van der Waals surface area contributed by atoms with Gasteiger partial charge >= 0.3 is 0 Å². The Morgan fingerprint density at radius 2 is 2.08 bits per heavy atom. The molecule has 2 bridgehead atoms. The minimum Gasteiger partial charge on any atom is -0.456 e. The van der Waals surface area contributed by atoms with E-state index >= 15 is 0 Å². The number of hydrogen-bond donors (Lipinski definition) is 1. The van der Waals surface area contributed by atoms with Crippen molar-refractivity contribution in [3.8, 4) is 0 Å². The molecule has 1 saturated carbocycles. The normalized spacial score (nSPS) is 46.8. The number of amides is 1. The van der Waals surface area contributed by atoms with E-state index in [0.717, 1.165) is 31.3 Å². The number of rotatable bonds is 2. The van der Waals surface area contributed by atoms with Crippen LogP contribution in [-0.2, 0) is 24.0 Å². The van der Waals surface area contributed by atoms with E-state index in [4.69, 9.17) is 19.2 Å². The van der Waals surface area contributed by atoms with Crippen molar-refractivity contribution in [1.82, 2.24) is 5.32 Å². The van der Waals surface area contributed by atoms with Crippen molar-refractivity contribution in [3.05, 3.63) is 11.3 Å². The molecular formula is C18H27NO5. The number of hydrogen-bond acceptors (Lipinski definition) is 5. The predicted molar refractivity (Wildman–Crippen MR) is 85.3 cm³/mol. The lowest BCUT2D eigenvalue weighted by Gasteiger charge is -2.57. The predicted octanol–water partition coefficient (Wildman–Crippen LogP) is 2.64. The molecule has 6 heteroatoms. The van der Waals surface area contributed by atoms with Gasteiger partial charge in [-0.1, -0.05) is 6.92 Å². The minimum absolute atomic E-state index is 0.0812. The lowest BCUT2D eigenvalue weighted by molar-refractivity contribution is -0.555. The molecule has 0 aromatic carbocycles. The van der Waals surface area contributed by atoms with Crippen LogP contribution in [0.2, 0.25) is 0 Å². The number of carbonyl (C=O) groups is 1. The summed E-state index contributed by atoms with van der Waals surface area (Å²) in [5.74, 6) is 0.308. The Bertz CT molecular complexity index is 590. The highest BCUT2D eigenvalue weighted by atomic mass is 17.3. The monoisotopic (exact) mass is 337 g/mol. The molecule has 5 aliphatic rings. The molecule has 0 radical (unpaired) electrons. The Hall–Kier alpha value is -1.11. The maximum Gasteiger partial charge on any atom is 0.286 e. The smallest absolute Gasteiger partial charge is 0.286 e. The van der Waals surface area contributed by atoms with Crippen LogP contribution in [0.1, 0.15) is 53.4 Å². The SMILES string of the molecule is CCNC(=O)C1=C(C)[C@@H]2CC[C@@H](C)[C@@H]3CC[C@@]4(C)OO[C@@]23[C@H](O1)O4. The van der Waals surface area contributed by atoms with Crippen molar-refractivity contribution in [2.45, 2.75) is 71.1 Å². The van der Waals surface area contributed by atoms with Gasteiger partial charge in [-0.15, -0.1) is 0 Å². The summed E-state index contributed by atoms with van der Waals surface area (Å²) in [7, 11) is 0. The highest BCUT2D eigenvalue weighted by molar-refractivity contribution is 5.92. The van der Waals surface area contributed by atoms with Crippen LogP contribution in [0.5, 0.6) is 0 Å². The first kappa shape index (κ1) is 16.4. The van der Waals surface area contributed by atoms with E-state index in [9.17, 15) is 4.79 Å². The highest BCUT2D eigenvalue weighted by Crippen LogP contribution is 2.60. The van der Waals surface area contributed by atoms with Crippen molar-refractivity contribution in [3.63, 3.8) is 0 Å². The molecule has 3 saturated heterocycles. The summed E-state index contributed by atoms with van der Waals surface area (Å²) in [6.07, 6.45) is 3.22. The molecule has 1 spiro atoms. The molecule has 134 valence electrons. The molecule has 6 atom stereocenters. The molecule has 6 nitrogen and oxygen atoms in total. The second-order valence-corrected chi connectivity index (χ2v) is 7.85. The second-order valence-electron chi connectivity index (χ2n) is 7.85. The van der Waals surface area contributed by atoms with Crippen molar-refractivity contribution in [2.75, 3.05) is 6.54 Å². The third-order valence-corrected chi connectivity index (χ3v) is 6.37. The second kappa shape index (κ2) is 5.44. The third-order valence-electron chi connectivity index (χ3n) is 6.37. The van der Waals surface area contributed by atoms with E-state index in [0.29, 0.717) is 24.1 Å². The van der Waals surface area contributed by atoms with Gasteiger partial charge in [0.05, 0.1) is 0 Å². The van der Waals surface area contributed by atoms with Gasteiger partial charge in [-0.25, -0.2) is 9.78 Å². The molecule has 1 amide bonds. The van der Waals surface area contributed by atoms with Gasteiger partial charge in [-0.3, -0.25) is 4.79 Å². The van der Waals surface area contributed by atoms with Crippen LogP contribution >= 0.6 is 0 Å². The Morgan fingerprint density at radius 3 is 2.83 bits per heavy atom. The van der Waals surface area contributed by atoms with Gasteiger partial charge in [0.2, 0.25) is 12.1 Å². The third kappa shape index (κ3) is 2.09. The minimum atomic E-state index is -0.810. The molecule has 4 aliphatic heterocycles. The average Bonchev–Trinajstić information content (AvgIpc) is 2.77. The van der Waals surface area contributed by atoms with E-state index in [-0.39, 0.29) is 11.8 Å². The summed E-state index contributed by atoms with van der Waals surface area (Å²) in [6, 6.07) is 0. The van der Waals surface area contributed by atoms with E-state index in [1.54, 1.807) is 0 Å². The zero-order chi connectivity index (χ0) is 17.1. The summed E-state index contributed by atoms with van der Waals surface area (Å²) in [6.45, 7) is 8.61. The zero-order valence-corrected chi connectivity index (χ0v) is 14.9. The first-order valence-electron chi connectivity index (χ1n) is 9.11. The summed E-state index contributed by atoms with van der Waals surface area (Å²) in [5, 5.41) is 2.84. The number of nitrogens with one attached hydrogen (secondary N) is 1. The van der Waals surface area contributed by atoms with E-state index in [1.807, 2.05) is 20.8 Å². The van der Waals surface area contributed by atoms with Crippen LogP contribution < -0.4 is 5.32 Å². The molecule has 1 N–H and O–H groups in total. The average molecular weight is 337 g/mol. The fraction of sp³-hybridized carbons (Fsp3) is 0.833. The largest absolute Gasteiger partial charge is 0.456 e. The van der Waals surface area contributed by atoms with Gasteiger partial charge in [0, 0.05) is 24.8 Å². The maximum atomic E-state index is 12.5. The molecule has 5 rings (SSSR count). The Kier molecular flexibility index (Phi) is 3.71. The lowest BCUT2D eigenvalue weighted by atomic mass is 9.59. The zero-order valence-electron chi connectivity index (χ0n) is 14.9. The van der Waals surface area contributed by atoms with Gasteiger partial charge in [0.15, 0.2) is 11.4 Å². The van der Waals surface area contributed by atoms with Crippen molar-refractivity contribution >= 4 is 5.91 Å². The van der Waals surface area contributed by atoms with Gasteiger partial charge in [0.25, 0.3) is 5.91 Å². The number of fused-ring (bicyclic) bond motifs is 2. The van der Waals surface area contributed by atoms with Gasteiger partial charge in [0.1, 0.15) is 0 Å². The Balaban J connectivity index is 1.81. The van der Waals surface area contributed by atoms with Crippen molar-refractivity contribution in [2.24, 2.45) is 17.8 Å². The summed E-state index contributed by atoms with van der Waals surface area (Å²) in [4.78, 5) is 24.2. The van der Waals surface area contributed by atoms with Crippen LogP contribution in [-0.4, -0.2) is 30.1 Å². The van der Waals surface area contributed by atoms with E-state index in [2.05, 4.69) is 12.2 Å². The van der Waals surface area contributed by atoms with Crippen LogP contribution in [0.25, 0.3) is 0 Å². The standard InChI is InChI=1S/C18H27NO5/c1-5-19-15(20)14-11(3)13-7-6-10(2)12-8-9-17(4)22-16(21-14)18(12,13)24-23-17/h10,12-13,16H,5-9H2,1-4H3,(H,19,20)/t10-,12+,13+,16-,17-,18-/m1/s1. The molecule has 1 aliphatic carbocycles. The lowest BCUT2D eigenvalue weighted by Crippen LogP contribution is -2.67. The van der Waals surface area contributed by atoms with Crippen molar-refractivity contribution < 1.29 is 24.0 Å². The molecule has 24 heavy (non-hydrogen) atoms. The van der Waals surface area contributed by atoms with Crippen LogP contribution in [0.3, 0.4) is 0 Å². The first-order valence-corrected chi connectivity index (χ1v) is 9.11. The number of carbonyl (C=O) groups excluding carboxylic acids is 1. The van der Waals surface area contributed by atoms with E-state index < -0.39 is 17.7 Å². The topological polar surface area (TPSA) is 66.0 Å². The number of likely N-dealkylation sites (N-methyl/N-ethyl adjacent to an activating group) is 1. The molecular weight excluding hydrogens is 310 g/mol. The van der Waals surface area contributed by atoms with Gasteiger partial charge in [-0.05, 0) is 51.5 Å². The maximum absolute atomic E-state index is 12.5. The van der Waals surface area contributed by atoms with Crippen LogP contribution in [0.4, 0.5) is 0 Å². The van der Waals surface area contributed by atoms with Gasteiger partial charge < -0.3 is 14.8 Å².